The topological polar surface area (TPSA) is 45.3 Å². The molecule has 44 heavy (non-hydrogen) atoms. The van der Waals surface area contributed by atoms with Crippen LogP contribution in [0.5, 0.6) is 11.5 Å². The van der Waals surface area contributed by atoms with Crippen molar-refractivity contribution in [2.45, 2.75) is 89.6 Å². The largest absolute Gasteiger partial charge is 0.493 e. The molecule has 2 unspecified atom stereocenters. The number of ether oxygens (including phenoxy) is 2. The number of hydrogen-bond donors (Lipinski definition) is 0. The van der Waals surface area contributed by atoms with E-state index in [1.807, 2.05) is 35.2 Å². The van der Waals surface area contributed by atoms with Crippen molar-refractivity contribution in [1.29, 1.82) is 0 Å². The smallest absolute Gasteiger partial charge is 0.232 e. The number of carbonyl (C=O) groups excluding carboxylic acids is 1. The molecule has 0 spiro atoms. The summed E-state index contributed by atoms with van der Waals surface area (Å²) < 4.78 is 12.0. The fourth-order valence-corrected chi connectivity index (χ4v) is 6.95. The van der Waals surface area contributed by atoms with Crippen LogP contribution in [0.15, 0.2) is 60.7 Å². The molecule has 0 N–H and O–H groups in total. The maximum Gasteiger partial charge on any atom is 0.232 e. The lowest BCUT2D eigenvalue weighted by Crippen LogP contribution is -2.41. The zero-order chi connectivity index (χ0) is 31.5. The minimum absolute atomic E-state index is 0.0351. The van der Waals surface area contributed by atoms with Gasteiger partial charge in [0.1, 0.15) is 0 Å². The summed E-state index contributed by atoms with van der Waals surface area (Å²) >= 11 is 6.30. The Morgan fingerprint density at radius 1 is 0.909 bits per heavy atom. The maximum atomic E-state index is 13.9. The van der Waals surface area contributed by atoms with Crippen molar-refractivity contribution in [3.05, 3.63) is 87.9 Å². The minimum Gasteiger partial charge on any atom is -0.493 e. The summed E-state index contributed by atoms with van der Waals surface area (Å²) in [4.78, 5) is 20.8. The van der Waals surface area contributed by atoms with Crippen LogP contribution in [-0.4, -0.2) is 62.1 Å². The van der Waals surface area contributed by atoms with Crippen molar-refractivity contribution < 1.29 is 14.3 Å². The quantitative estimate of drug-likeness (QED) is 0.230. The van der Waals surface area contributed by atoms with E-state index in [1.165, 1.54) is 31.2 Å². The molecule has 6 nitrogen and oxygen atoms in total. The number of halogens is 1. The van der Waals surface area contributed by atoms with Gasteiger partial charge in [0.2, 0.25) is 5.91 Å². The Morgan fingerprint density at radius 2 is 1.55 bits per heavy atom. The predicted molar refractivity (Wildman–Crippen MR) is 180 cm³/mol. The molecule has 0 radical (unpaired) electrons. The summed E-state index contributed by atoms with van der Waals surface area (Å²) in [6.45, 7) is 6.45. The normalized spacial score (nSPS) is 21.7. The van der Waals surface area contributed by atoms with Gasteiger partial charge < -0.3 is 19.3 Å². The zero-order valence-electron chi connectivity index (χ0n) is 27.3. The number of hydrogen-bond acceptors (Lipinski definition) is 5. The Hall–Kier alpha value is -3.06. The second kappa shape index (κ2) is 13.9. The van der Waals surface area contributed by atoms with Gasteiger partial charge in [0.25, 0.3) is 0 Å². The van der Waals surface area contributed by atoms with Gasteiger partial charge in [0, 0.05) is 28.8 Å². The van der Waals surface area contributed by atoms with Crippen molar-refractivity contribution in [3.8, 4) is 11.5 Å². The molecule has 1 fully saturated rings. The highest BCUT2D eigenvalue weighted by molar-refractivity contribution is 6.30. The Labute approximate surface area is 268 Å². The summed E-state index contributed by atoms with van der Waals surface area (Å²) in [6, 6.07) is 21.7. The highest BCUT2D eigenvalue weighted by atomic mass is 35.5. The van der Waals surface area contributed by atoms with Gasteiger partial charge in [-0.3, -0.25) is 9.69 Å². The molecule has 2 aliphatic rings. The van der Waals surface area contributed by atoms with Crippen molar-refractivity contribution in [1.82, 2.24) is 9.80 Å². The van der Waals surface area contributed by atoms with E-state index in [-0.39, 0.29) is 30.5 Å². The number of anilines is 1. The first-order valence-corrected chi connectivity index (χ1v) is 16.4. The zero-order valence-corrected chi connectivity index (χ0v) is 28.1. The molecule has 1 aliphatic heterocycles. The molecule has 3 atom stereocenters. The van der Waals surface area contributed by atoms with Crippen molar-refractivity contribution >= 4 is 23.2 Å². The molecule has 236 valence electrons. The van der Waals surface area contributed by atoms with E-state index in [9.17, 15) is 4.79 Å². The van der Waals surface area contributed by atoms with Gasteiger partial charge in [0.05, 0.1) is 25.7 Å². The summed E-state index contributed by atoms with van der Waals surface area (Å²) in [5.41, 5.74) is 5.12. The van der Waals surface area contributed by atoms with E-state index in [4.69, 9.17) is 21.1 Å². The summed E-state index contributed by atoms with van der Waals surface area (Å²) in [5, 5.41) is 0.663. The standard InChI is InChI=1S/C37H48ClN3O3/c1-8-24(2)44-35-23-33-28(21-34(35)43-7)22-36(42)41(37(33)27-9-13-29(38)14-10-27)32-15-11-26(12-16-32)25(3)40(6)31-19-17-30(18-20-31)39(4)5/h9-16,21,23-25,30-31,37H,8,17-20,22H2,1-7H3/t24-,25?,30-,31+,37?/m1/s1. The predicted octanol–water partition coefficient (Wildman–Crippen LogP) is 8.07. The van der Waals surface area contributed by atoms with Crippen molar-refractivity contribution in [2.75, 3.05) is 33.2 Å². The van der Waals surface area contributed by atoms with E-state index < -0.39 is 0 Å². The molecule has 1 aliphatic carbocycles. The second-order valence-electron chi connectivity index (χ2n) is 12.8. The maximum absolute atomic E-state index is 13.9. The van der Waals surface area contributed by atoms with Gasteiger partial charge >= 0.3 is 0 Å². The number of rotatable bonds is 10. The Morgan fingerprint density at radius 3 is 2.14 bits per heavy atom. The van der Waals surface area contributed by atoms with Crippen LogP contribution < -0.4 is 14.4 Å². The Bertz CT molecular complexity index is 1420. The van der Waals surface area contributed by atoms with Crippen LogP contribution in [0.3, 0.4) is 0 Å². The third kappa shape index (κ3) is 6.78. The minimum atomic E-state index is -0.327. The van der Waals surface area contributed by atoms with Crippen molar-refractivity contribution in [3.63, 3.8) is 0 Å². The number of amides is 1. The van der Waals surface area contributed by atoms with Gasteiger partial charge in [-0.1, -0.05) is 42.8 Å². The van der Waals surface area contributed by atoms with Crippen LogP contribution in [0.25, 0.3) is 0 Å². The van der Waals surface area contributed by atoms with E-state index in [0.29, 0.717) is 28.6 Å². The Kier molecular flexibility index (Phi) is 10.2. The van der Waals surface area contributed by atoms with Gasteiger partial charge in [-0.25, -0.2) is 0 Å². The van der Waals surface area contributed by atoms with Gasteiger partial charge in [-0.15, -0.1) is 0 Å². The molecule has 7 heteroatoms. The molecule has 5 rings (SSSR count). The highest BCUT2D eigenvalue weighted by Gasteiger charge is 2.36. The van der Waals surface area contributed by atoms with Crippen molar-refractivity contribution in [2.24, 2.45) is 0 Å². The monoisotopic (exact) mass is 617 g/mol. The molecular weight excluding hydrogens is 570 g/mol. The lowest BCUT2D eigenvalue weighted by molar-refractivity contribution is -0.118. The van der Waals surface area contributed by atoms with E-state index >= 15 is 0 Å². The van der Waals surface area contributed by atoms with E-state index in [0.717, 1.165) is 28.8 Å². The molecule has 3 aromatic rings. The van der Waals surface area contributed by atoms with Crippen LogP contribution in [0.4, 0.5) is 5.69 Å². The van der Waals surface area contributed by atoms with E-state index in [2.05, 4.69) is 82.0 Å². The third-order valence-corrected chi connectivity index (χ3v) is 10.2. The molecule has 0 bridgehead atoms. The van der Waals surface area contributed by atoms with Crippen LogP contribution in [0.1, 0.15) is 87.2 Å². The first kappa shape index (κ1) is 32.3. The second-order valence-corrected chi connectivity index (χ2v) is 13.2. The molecule has 1 saturated carbocycles. The highest BCUT2D eigenvalue weighted by Crippen LogP contribution is 2.44. The summed E-state index contributed by atoms with van der Waals surface area (Å²) in [6.07, 6.45) is 6.13. The molecular formula is C37H48ClN3O3. The number of methoxy groups -OCH3 is 1. The first-order valence-electron chi connectivity index (χ1n) is 16.0. The number of benzene rings is 3. The first-order chi connectivity index (χ1) is 21.1. The number of nitrogens with zero attached hydrogens (tertiary/aromatic N) is 3. The van der Waals surface area contributed by atoms with Gasteiger partial charge in [-0.05, 0) is 126 Å². The summed E-state index contributed by atoms with van der Waals surface area (Å²) in [5.74, 6) is 1.39. The average molecular weight is 618 g/mol. The molecule has 1 amide bonds. The van der Waals surface area contributed by atoms with Gasteiger partial charge in [0.15, 0.2) is 11.5 Å². The van der Waals surface area contributed by atoms with E-state index in [1.54, 1.807) is 7.11 Å². The fourth-order valence-electron chi connectivity index (χ4n) is 6.82. The van der Waals surface area contributed by atoms with Crippen LogP contribution >= 0.6 is 11.6 Å². The SMILES string of the molecule is CC[C@@H](C)Oc1cc2c(cc1OC)CC(=O)N(c1ccc(C(C)N(C)[C@H]3CC[C@@H](N(C)C)CC3)cc1)C2c1ccc(Cl)cc1. The summed E-state index contributed by atoms with van der Waals surface area (Å²) in [7, 11) is 8.29. The lowest BCUT2D eigenvalue weighted by atomic mass is 9.86. The van der Waals surface area contributed by atoms with Gasteiger partial charge in [-0.2, -0.15) is 0 Å². The molecule has 0 saturated heterocycles. The molecule has 3 aromatic carbocycles. The molecule has 1 heterocycles. The Balaban J connectivity index is 1.46. The lowest BCUT2D eigenvalue weighted by Gasteiger charge is -2.40. The fraction of sp³-hybridized carbons (Fsp3) is 0.486. The number of fused-ring (bicyclic) bond motifs is 1. The molecule has 0 aromatic heterocycles. The number of carbonyl (C=O) groups is 1. The third-order valence-electron chi connectivity index (χ3n) is 9.91. The van der Waals surface area contributed by atoms with Crippen LogP contribution in [0.2, 0.25) is 5.02 Å². The average Bonchev–Trinajstić information content (AvgIpc) is 3.04. The van der Waals surface area contributed by atoms with Crippen LogP contribution in [0, 0.1) is 0 Å². The van der Waals surface area contributed by atoms with Crippen LogP contribution in [-0.2, 0) is 11.2 Å².